The van der Waals surface area contributed by atoms with E-state index in [2.05, 4.69) is 31.5 Å². The van der Waals surface area contributed by atoms with Crippen molar-refractivity contribution in [2.45, 2.75) is 20.8 Å². The molecule has 0 spiro atoms. The van der Waals surface area contributed by atoms with Crippen molar-refractivity contribution in [3.05, 3.63) is 59.7 Å². The Balaban J connectivity index is 2.41. The van der Waals surface area contributed by atoms with Gasteiger partial charge in [-0.1, -0.05) is 24.8 Å². The molecule has 2 rings (SSSR count). The highest BCUT2D eigenvalue weighted by Gasteiger charge is 2.10. The lowest BCUT2D eigenvalue weighted by Gasteiger charge is -2.09. The standard InChI is InChI=1S/C15H16N2O/c1-10-6-5-7-14(11(10)2)12(3)15-8-17(9-16-15)13(4)18/h5-9H,3H2,1-2,4H3. The minimum Gasteiger partial charge on any atom is -0.276 e. The molecule has 0 radical (unpaired) electrons. The van der Waals surface area contributed by atoms with Crippen molar-refractivity contribution in [2.75, 3.05) is 0 Å². The van der Waals surface area contributed by atoms with Crippen molar-refractivity contribution in [1.29, 1.82) is 0 Å². The van der Waals surface area contributed by atoms with E-state index in [1.165, 1.54) is 28.9 Å². The van der Waals surface area contributed by atoms with Crippen LogP contribution in [0.3, 0.4) is 0 Å². The van der Waals surface area contributed by atoms with Crippen molar-refractivity contribution < 1.29 is 4.79 Å². The van der Waals surface area contributed by atoms with Gasteiger partial charge in [-0.05, 0) is 30.5 Å². The largest absolute Gasteiger partial charge is 0.276 e. The quantitative estimate of drug-likeness (QED) is 0.807. The SMILES string of the molecule is C=C(c1cn(C(C)=O)cn1)c1cccc(C)c1C. The van der Waals surface area contributed by atoms with Crippen molar-refractivity contribution in [2.24, 2.45) is 0 Å². The highest BCUT2D eigenvalue weighted by atomic mass is 16.1. The molecule has 1 aromatic heterocycles. The topological polar surface area (TPSA) is 34.9 Å². The Morgan fingerprint density at radius 1 is 1.33 bits per heavy atom. The van der Waals surface area contributed by atoms with Crippen LogP contribution in [0.4, 0.5) is 0 Å². The van der Waals surface area contributed by atoms with Gasteiger partial charge >= 0.3 is 0 Å². The monoisotopic (exact) mass is 240 g/mol. The second-order valence-electron chi connectivity index (χ2n) is 4.41. The van der Waals surface area contributed by atoms with E-state index in [1.54, 1.807) is 6.20 Å². The number of nitrogens with zero attached hydrogens (tertiary/aromatic N) is 2. The zero-order chi connectivity index (χ0) is 13.3. The third-order valence-corrected chi connectivity index (χ3v) is 3.19. The van der Waals surface area contributed by atoms with Crippen LogP contribution in [0.5, 0.6) is 0 Å². The second-order valence-corrected chi connectivity index (χ2v) is 4.41. The van der Waals surface area contributed by atoms with Crippen molar-refractivity contribution in [1.82, 2.24) is 9.55 Å². The van der Waals surface area contributed by atoms with Crippen LogP contribution in [0.2, 0.25) is 0 Å². The van der Waals surface area contributed by atoms with Gasteiger partial charge in [0, 0.05) is 18.7 Å². The molecule has 3 nitrogen and oxygen atoms in total. The Kier molecular flexibility index (Phi) is 3.15. The number of hydrogen-bond donors (Lipinski definition) is 0. The highest BCUT2D eigenvalue weighted by molar-refractivity contribution is 5.81. The molecule has 0 fully saturated rings. The molecular weight excluding hydrogens is 224 g/mol. The fourth-order valence-corrected chi connectivity index (χ4v) is 1.87. The molecule has 0 aliphatic heterocycles. The summed E-state index contributed by atoms with van der Waals surface area (Å²) in [5.41, 5.74) is 5.07. The zero-order valence-electron chi connectivity index (χ0n) is 10.9. The molecule has 1 heterocycles. The molecule has 0 bridgehead atoms. The Morgan fingerprint density at radius 3 is 2.67 bits per heavy atom. The molecule has 0 amide bonds. The fraction of sp³-hybridized carbons (Fsp3) is 0.200. The van der Waals surface area contributed by atoms with E-state index in [0.29, 0.717) is 0 Å². The number of benzene rings is 1. The average molecular weight is 240 g/mol. The summed E-state index contributed by atoms with van der Waals surface area (Å²) in [7, 11) is 0. The number of carbonyl (C=O) groups excluding carboxylic acids is 1. The number of rotatable bonds is 2. The maximum atomic E-state index is 11.2. The van der Waals surface area contributed by atoms with Gasteiger partial charge in [-0.25, -0.2) is 4.98 Å². The number of aromatic nitrogens is 2. The molecule has 92 valence electrons. The Morgan fingerprint density at radius 2 is 2.06 bits per heavy atom. The minimum absolute atomic E-state index is 0.0532. The first kappa shape index (κ1) is 12.3. The van der Waals surface area contributed by atoms with Gasteiger partial charge in [-0.15, -0.1) is 0 Å². The summed E-state index contributed by atoms with van der Waals surface area (Å²) >= 11 is 0. The predicted molar refractivity (Wildman–Crippen MR) is 72.6 cm³/mol. The lowest BCUT2D eigenvalue weighted by atomic mass is 9.96. The lowest BCUT2D eigenvalue weighted by molar-refractivity contribution is 0.0936. The van der Waals surface area contributed by atoms with Crippen LogP contribution in [-0.4, -0.2) is 15.5 Å². The van der Waals surface area contributed by atoms with Crippen LogP contribution in [0.15, 0.2) is 37.3 Å². The summed E-state index contributed by atoms with van der Waals surface area (Å²) in [5.74, 6) is -0.0532. The summed E-state index contributed by atoms with van der Waals surface area (Å²) < 4.78 is 1.46. The molecular formula is C15H16N2O. The van der Waals surface area contributed by atoms with Gasteiger partial charge in [-0.3, -0.25) is 9.36 Å². The average Bonchev–Trinajstić information content (AvgIpc) is 2.81. The van der Waals surface area contributed by atoms with E-state index >= 15 is 0 Å². The first-order chi connectivity index (χ1) is 8.50. The molecule has 18 heavy (non-hydrogen) atoms. The lowest BCUT2D eigenvalue weighted by Crippen LogP contribution is -2.01. The van der Waals surface area contributed by atoms with Crippen LogP contribution in [0.1, 0.15) is 34.1 Å². The van der Waals surface area contributed by atoms with E-state index in [9.17, 15) is 4.79 Å². The molecule has 3 heteroatoms. The predicted octanol–water partition coefficient (Wildman–Crippen LogP) is 3.22. The maximum Gasteiger partial charge on any atom is 0.228 e. The summed E-state index contributed by atoms with van der Waals surface area (Å²) in [4.78, 5) is 15.5. The van der Waals surface area contributed by atoms with Crippen molar-refractivity contribution >= 4 is 11.5 Å². The molecule has 0 N–H and O–H groups in total. The van der Waals surface area contributed by atoms with Crippen LogP contribution in [-0.2, 0) is 0 Å². The van der Waals surface area contributed by atoms with Gasteiger partial charge in [0.05, 0.1) is 5.69 Å². The van der Waals surface area contributed by atoms with Crippen LogP contribution in [0, 0.1) is 13.8 Å². The van der Waals surface area contributed by atoms with E-state index < -0.39 is 0 Å². The first-order valence-electron chi connectivity index (χ1n) is 5.81. The normalized spacial score (nSPS) is 10.4. The van der Waals surface area contributed by atoms with Crippen LogP contribution >= 0.6 is 0 Å². The number of imidazole rings is 1. The number of hydrogen-bond acceptors (Lipinski definition) is 2. The summed E-state index contributed by atoms with van der Waals surface area (Å²) in [6, 6.07) is 6.10. The molecule has 0 aliphatic carbocycles. The van der Waals surface area contributed by atoms with Gasteiger partial charge in [0.1, 0.15) is 6.33 Å². The molecule has 1 aromatic carbocycles. The minimum atomic E-state index is -0.0532. The van der Waals surface area contributed by atoms with Crippen LogP contribution < -0.4 is 0 Å². The van der Waals surface area contributed by atoms with Crippen molar-refractivity contribution in [3.8, 4) is 0 Å². The van der Waals surface area contributed by atoms with E-state index in [0.717, 1.165) is 16.8 Å². The summed E-state index contributed by atoms with van der Waals surface area (Å²) in [6.45, 7) is 9.73. The van der Waals surface area contributed by atoms with E-state index in [4.69, 9.17) is 0 Å². The van der Waals surface area contributed by atoms with Crippen molar-refractivity contribution in [3.63, 3.8) is 0 Å². The molecule has 0 unspecified atom stereocenters. The second kappa shape index (κ2) is 4.61. The van der Waals surface area contributed by atoms with Gasteiger partial charge in [0.25, 0.3) is 0 Å². The third-order valence-electron chi connectivity index (χ3n) is 3.19. The number of aryl methyl sites for hydroxylation is 1. The Bertz CT molecular complexity index is 623. The Hall–Kier alpha value is -2.16. The zero-order valence-corrected chi connectivity index (χ0v) is 10.9. The van der Waals surface area contributed by atoms with E-state index in [-0.39, 0.29) is 5.91 Å². The number of carbonyl (C=O) groups is 1. The van der Waals surface area contributed by atoms with Crippen LogP contribution in [0.25, 0.3) is 5.57 Å². The van der Waals surface area contributed by atoms with E-state index in [1.807, 2.05) is 12.1 Å². The molecule has 0 saturated carbocycles. The molecule has 2 aromatic rings. The molecule has 0 aliphatic rings. The van der Waals surface area contributed by atoms with Gasteiger partial charge in [0.15, 0.2) is 0 Å². The fourth-order valence-electron chi connectivity index (χ4n) is 1.87. The van der Waals surface area contributed by atoms with Gasteiger partial charge in [0.2, 0.25) is 5.91 Å². The molecule has 0 saturated heterocycles. The third kappa shape index (κ3) is 2.12. The maximum absolute atomic E-state index is 11.2. The Labute approximate surface area is 107 Å². The first-order valence-corrected chi connectivity index (χ1v) is 5.81. The van der Waals surface area contributed by atoms with Gasteiger partial charge in [-0.2, -0.15) is 0 Å². The smallest absolute Gasteiger partial charge is 0.228 e. The molecule has 0 atom stereocenters. The summed E-state index contributed by atoms with van der Waals surface area (Å²) in [5, 5.41) is 0. The summed E-state index contributed by atoms with van der Waals surface area (Å²) in [6.07, 6.45) is 3.24. The highest BCUT2D eigenvalue weighted by Crippen LogP contribution is 2.24. The van der Waals surface area contributed by atoms with Gasteiger partial charge < -0.3 is 0 Å².